The Labute approximate surface area is 192 Å². The SMILES string of the molecule is O=C(Cc1ccccc1)Nc1ccc(-c2ccc3ncc(N4CCC(F)CC4)nc3c2)cc1. The summed E-state index contributed by atoms with van der Waals surface area (Å²) in [5, 5.41) is 2.95. The Balaban J connectivity index is 1.30. The van der Waals surface area contributed by atoms with Crippen molar-refractivity contribution in [3.8, 4) is 11.1 Å². The van der Waals surface area contributed by atoms with Gasteiger partial charge in [-0.05, 0) is 53.8 Å². The molecule has 0 bridgehead atoms. The summed E-state index contributed by atoms with van der Waals surface area (Å²) in [6.45, 7) is 1.33. The van der Waals surface area contributed by atoms with Crippen molar-refractivity contribution in [2.75, 3.05) is 23.3 Å². The van der Waals surface area contributed by atoms with E-state index in [2.05, 4.69) is 15.2 Å². The van der Waals surface area contributed by atoms with Crippen LogP contribution in [0.3, 0.4) is 0 Å². The first-order valence-electron chi connectivity index (χ1n) is 11.2. The summed E-state index contributed by atoms with van der Waals surface area (Å²) >= 11 is 0. The molecule has 5 nitrogen and oxygen atoms in total. The molecule has 3 aromatic carbocycles. The number of benzene rings is 3. The van der Waals surface area contributed by atoms with Crippen molar-refractivity contribution >= 4 is 28.4 Å². The van der Waals surface area contributed by atoms with Gasteiger partial charge in [-0.2, -0.15) is 0 Å². The maximum Gasteiger partial charge on any atom is 0.228 e. The molecule has 1 aromatic heterocycles. The average Bonchev–Trinajstić information content (AvgIpc) is 2.85. The smallest absolute Gasteiger partial charge is 0.228 e. The highest BCUT2D eigenvalue weighted by atomic mass is 19.1. The standard InChI is InChI=1S/C27H25FN4O/c28-22-12-14-32(15-13-22)26-18-29-24-11-8-21(17-25(24)31-26)20-6-9-23(10-7-20)30-27(33)16-19-4-2-1-3-5-19/h1-11,17-18,22H,12-16H2,(H,30,33). The molecule has 1 N–H and O–H groups in total. The van der Waals surface area contributed by atoms with Gasteiger partial charge in [0.2, 0.25) is 5.91 Å². The lowest BCUT2D eigenvalue weighted by Gasteiger charge is -2.29. The minimum atomic E-state index is -0.715. The molecule has 1 amide bonds. The molecule has 0 atom stereocenters. The van der Waals surface area contributed by atoms with Crippen LogP contribution in [-0.4, -0.2) is 35.1 Å². The summed E-state index contributed by atoms with van der Waals surface area (Å²) in [6.07, 6.45) is 2.47. The second-order valence-corrected chi connectivity index (χ2v) is 8.38. The number of hydrogen-bond acceptors (Lipinski definition) is 4. The number of rotatable bonds is 5. The second-order valence-electron chi connectivity index (χ2n) is 8.38. The zero-order valence-corrected chi connectivity index (χ0v) is 18.2. The Bertz CT molecular complexity index is 1250. The Morgan fingerprint density at radius 2 is 1.67 bits per heavy atom. The van der Waals surface area contributed by atoms with Gasteiger partial charge in [0.15, 0.2) is 0 Å². The molecule has 6 heteroatoms. The molecule has 1 aliphatic rings. The molecule has 4 aromatic rings. The summed E-state index contributed by atoms with van der Waals surface area (Å²) in [5.41, 5.74) is 5.44. The molecular weight excluding hydrogens is 415 g/mol. The second kappa shape index (κ2) is 9.36. The summed E-state index contributed by atoms with van der Waals surface area (Å²) in [6, 6.07) is 23.5. The third-order valence-corrected chi connectivity index (χ3v) is 5.99. The molecule has 33 heavy (non-hydrogen) atoms. The van der Waals surface area contributed by atoms with E-state index >= 15 is 0 Å². The fourth-order valence-electron chi connectivity index (χ4n) is 4.14. The molecular formula is C27H25FN4O. The molecule has 0 aliphatic carbocycles. The van der Waals surface area contributed by atoms with Gasteiger partial charge in [-0.1, -0.05) is 48.5 Å². The van der Waals surface area contributed by atoms with Crippen LogP contribution < -0.4 is 10.2 Å². The van der Waals surface area contributed by atoms with Gasteiger partial charge in [0.05, 0.1) is 23.7 Å². The first kappa shape index (κ1) is 21.1. The summed E-state index contributed by atoms with van der Waals surface area (Å²) < 4.78 is 13.5. The van der Waals surface area contributed by atoms with Crippen LogP contribution in [0.15, 0.2) is 79.0 Å². The number of nitrogens with one attached hydrogen (secondary N) is 1. The molecule has 2 heterocycles. The number of anilines is 2. The number of fused-ring (bicyclic) bond motifs is 1. The number of hydrogen-bond donors (Lipinski definition) is 1. The zero-order valence-electron chi connectivity index (χ0n) is 18.2. The van der Waals surface area contributed by atoms with Gasteiger partial charge in [0.1, 0.15) is 12.0 Å². The summed E-state index contributed by atoms with van der Waals surface area (Å²) in [4.78, 5) is 23.7. The molecule has 0 radical (unpaired) electrons. The first-order chi connectivity index (χ1) is 16.1. The minimum absolute atomic E-state index is 0.0424. The Kier molecular flexibility index (Phi) is 5.98. The van der Waals surface area contributed by atoms with Crippen LogP contribution in [0.4, 0.5) is 15.9 Å². The number of piperidine rings is 1. The van der Waals surface area contributed by atoms with Crippen molar-refractivity contribution in [1.82, 2.24) is 9.97 Å². The Hall–Kier alpha value is -3.80. The van der Waals surface area contributed by atoms with Crippen LogP contribution in [0.1, 0.15) is 18.4 Å². The van der Waals surface area contributed by atoms with E-state index in [1.807, 2.05) is 72.8 Å². The summed E-state index contributed by atoms with van der Waals surface area (Å²) in [7, 11) is 0. The molecule has 1 aliphatic heterocycles. The number of carbonyl (C=O) groups is 1. The van der Waals surface area contributed by atoms with Crippen molar-refractivity contribution in [2.24, 2.45) is 0 Å². The Morgan fingerprint density at radius 3 is 2.42 bits per heavy atom. The van der Waals surface area contributed by atoms with E-state index in [0.717, 1.165) is 39.2 Å². The van der Waals surface area contributed by atoms with E-state index < -0.39 is 6.17 Å². The fourth-order valence-corrected chi connectivity index (χ4v) is 4.14. The van der Waals surface area contributed by atoms with Crippen LogP contribution >= 0.6 is 0 Å². The predicted molar refractivity (Wildman–Crippen MR) is 130 cm³/mol. The van der Waals surface area contributed by atoms with Crippen LogP contribution in [0, 0.1) is 0 Å². The van der Waals surface area contributed by atoms with Crippen LogP contribution in [-0.2, 0) is 11.2 Å². The molecule has 0 saturated carbocycles. The van der Waals surface area contributed by atoms with E-state index in [4.69, 9.17) is 4.98 Å². The van der Waals surface area contributed by atoms with Crippen molar-refractivity contribution < 1.29 is 9.18 Å². The topological polar surface area (TPSA) is 58.1 Å². The zero-order chi connectivity index (χ0) is 22.6. The van der Waals surface area contributed by atoms with Gasteiger partial charge in [0, 0.05) is 18.8 Å². The molecule has 5 rings (SSSR count). The lowest BCUT2D eigenvalue weighted by atomic mass is 10.0. The van der Waals surface area contributed by atoms with Crippen molar-refractivity contribution in [2.45, 2.75) is 25.4 Å². The first-order valence-corrected chi connectivity index (χ1v) is 11.2. The third-order valence-electron chi connectivity index (χ3n) is 5.99. The van der Waals surface area contributed by atoms with E-state index in [1.54, 1.807) is 6.20 Å². The van der Waals surface area contributed by atoms with E-state index in [0.29, 0.717) is 32.4 Å². The number of halogens is 1. The monoisotopic (exact) mass is 440 g/mol. The maximum atomic E-state index is 13.5. The van der Waals surface area contributed by atoms with Crippen LogP contribution in [0.25, 0.3) is 22.2 Å². The number of carbonyl (C=O) groups excluding carboxylic acids is 1. The number of alkyl halides is 1. The largest absolute Gasteiger partial charge is 0.355 e. The quantitative estimate of drug-likeness (QED) is 0.450. The lowest BCUT2D eigenvalue weighted by Crippen LogP contribution is -2.34. The molecule has 166 valence electrons. The normalized spacial score (nSPS) is 14.4. The van der Waals surface area contributed by atoms with Gasteiger partial charge in [-0.15, -0.1) is 0 Å². The molecule has 0 spiro atoms. The van der Waals surface area contributed by atoms with Gasteiger partial charge in [0.25, 0.3) is 0 Å². The fraction of sp³-hybridized carbons (Fsp3) is 0.222. The number of aromatic nitrogens is 2. The van der Waals surface area contributed by atoms with Crippen LogP contribution in [0.5, 0.6) is 0 Å². The molecule has 1 fully saturated rings. The van der Waals surface area contributed by atoms with Crippen molar-refractivity contribution in [3.63, 3.8) is 0 Å². The van der Waals surface area contributed by atoms with Crippen molar-refractivity contribution in [1.29, 1.82) is 0 Å². The minimum Gasteiger partial charge on any atom is -0.355 e. The highest BCUT2D eigenvalue weighted by Crippen LogP contribution is 2.26. The van der Waals surface area contributed by atoms with E-state index in [1.165, 1.54) is 0 Å². The lowest BCUT2D eigenvalue weighted by molar-refractivity contribution is -0.115. The van der Waals surface area contributed by atoms with Gasteiger partial charge in [-0.25, -0.2) is 9.37 Å². The third kappa shape index (κ3) is 5.00. The van der Waals surface area contributed by atoms with Gasteiger partial charge >= 0.3 is 0 Å². The summed E-state index contributed by atoms with van der Waals surface area (Å²) in [5.74, 6) is 0.752. The highest BCUT2D eigenvalue weighted by molar-refractivity contribution is 5.92. The van der Waals surface area contributed by atoms with Crippen molar-refractivity contribution in [3.05, 3.63) is 84.6 Å². The number of nitrogens with zero attached hydrogens (tertiary/aromatic N) is 3. The molecule has 1 saturated heterocycles. The molecule has 0 unspecified atom stereocenters. The predicted octanol–water partition coefficient (Wildman–Crippen LogP) is 5.42. The van der Waals surface area contributed by atoms with Gasteiger partial charge in [-0.3, -0.25) is 9.78 Å². The number of amides is 1. The average molecular weight is 441 g/mol. The van der Waals surface area contributed by atoms with E-state index in [-0.39, 0.29) is 5.91 Å². The Morgan fingerprint density at radius 1 is 0.939 bits per heavy atom. The van der Waals surface area contributed by atoms with E-state index in [9.17, 15) is 9.18 Å². The van der Waals surface area contributed by atoms with Gasteiger partial charge < -0.3 is 10.2 Å². The highest BCUT2D eigenvalue weighted by Gasteiger charge is 2.20. The van der Waals surface area contributed by atoms with Crippen LogP contribution in [0.2, 0.25) is 0 Å². The maximum absolute atomic E-state index is 13.5.